The third kappa shape index (κ3) is 5.23. The number of nitrogens with one attached hydrogen (secondary N) is 1. The Morgan fingerprint density at radius 1 is 1.00 bits per heavy atom. The summed E-state index contributed by atoms with van der Waals surface area (Å²) in [5.74, 6) is 2.23. The van der Waals surface area contributed by atoms with Crippen molar-refractivity contribution in [3.63, 3.8) is 0 Å². The quantitative estimate of drug-likeness (QED) is 0.380. The summed E-state index contributed by atoms with van der Waals surface area (Å²) in [4.78, 5) is 18.4. The van der Waals surface area contributed by atoms with Crippen molar-refractivity contribution < 1.29 is 9.84 Å². The molecule has 2 N–H and O–H groups in total. The number of aliphatic hydroxyl groups excluding tert-OH is 1. The second-order valence-corrected chi connectivity index (χ2v) is 9.63. The number of hydrogen-bond donors (Lipinski definition) is 2. The Labute approximate surface area is 217 Å². The molecule has 9 heteroatoms. The molecule has 5 rings (SSSR count). The first-order valence-electron chi connectivity index (χ1n) is 12.7. The lowest BCUT2D eigenvalue weighted by Crippen LogP contribution is -2.49. The van der Waals surface area contributed by atoms with Crippen molar-refractivity contribution in [3.8, 4) is 11.4 Å². The first kappa shape index (κ1) is 25.0. The number of piperazine rings is 1. The van der Waals surface area contributed by atoms with Crippen molar-refractivity contribution >= 4 is 22.7 Å². The number of nitrogens with zero attached hydrogens (tertiary/aromatic N) is 6. The number of benzene rings is 2. The van der Waals surface area contributed by atoms with Crippen molar-refractivity contribution in [2.45, 2.75) is 26.9 Å². The molecular weight excluding hydrogens is 466 g/mol. The van der Waals surface area contributed by atoms with E-state index in [1.165, 1.54) is 23.1 Å². The van der Waals surface area contributed by atoms with Crippen LogP contribution in [0.3, 0.4) is 0 Å². The van der Waals surface area contributed by atoms with Crippen molar-refractivity contribution in [3.05, 3.63) is 65.7 Å². The highest BCUT2D eigenvalue weighted by atomic mass is 16.5. The van der Waals surface area contributed by atoms with E-state index in [4.69, 9.17) is 9.72 Å². The molecule has 0 saturated carbocycles. The van der Waals surface area contributed by atoms with Gasteiger partial charge in [0, 0.05) is 50.6 Å². The van der Waals surface area contributed by atoms with E-state index in [1.807, 2.05) is 35.8 Å². The van der Waals surface area contributed by atoms with Crippen molar-refractivity contribution in [2.75, 3.05) is 56.6 Å². The zero-order chi connectivity index (χ0) is 25.9. The highest BCUT2D eigenvalue weighted by Gasteiger charge is 2.21. The minimum absolute atomic E-state index is 0.387. The van der Waals surface area contributed by atoms with Crippen LogP contribution in [0.5, 0.6) is 5.75 Å². The van der Waals surface area contributed by atoms with E-state index in [9.17, 15) is 5.11 Å². The number of methoxy groups -OCH3 is 1. The molecule has 4 aromatic rings. The van der Waals surface area contributed by atoms with E-state index in [2.05, 4.69) is 57.1 Å². The Morgan fingerprint density at radius 3 is 2.49 bits per heavy atom. The van der Waals surface area contributed by atoms with Gasteiger partial charge in [-0.25, -0.2) is 15.0 Å². The van der Waals surface area contributed by atoms with Gasteiger partial charge in [-0.1, -0.05) is 12.1 Å². The topological polar surface area (TPSA) is 91.6 Å². The summed E-state index contributed by atoms with van der Waals surface area (Å²) in [6, 6.07) is 14.3. The van der Waals surface area contributed by atoms with Gasteiger partial charge in [0.05, 0.1) is 13.2 Å². The normalized spacial score (nSPS) is 15.2. The monoisotopic (exact) mass is 501 g/mol. The summed E-state index contributed by atoms with van der Waals surface area (Å²) in [5, 5.41) is 14.1. The molecule has 1 saturated heterocycles. The number of anilines is 2. The van der Waals surface area contributed by atoms with Crippen molar-refractivity contribution in [1.29, 1.82) is 0 Å². The van der Waals surface area contributed by atoms with Crippen molar-refractivity contribution in [2.24, 2.45) is 0 Å². The maximum absolute atomic E-state index is 10.8. The predicted molar refractivity (Wildman–Crippen MR) is 147 cm³/mol. The molecular formula is C28H35N7O2. The first-order valence-corrected chi connectivity index (χ1v) is 12.7. The number of hydrogen-bond acceptors (Lipinski definition) is 8. The van der Waals surface area contributed by atoms with Crippen LogP contribution in [0.25, 0.3) is 16.9 Å². The molecule has 194 valence electrons. The molecule has 0 radical (unpaired) electrons. The largest absolute Gasteiger partial charge is 0.497 e. The van der Waals surface area contributed by atoms with Crippen LogP contribution in [-0.2, 0) is 0 Å². The molecule has 0 amide bonds. The van der Waals surface area contributed by atoms with Crippen LogP contribution < -0.4 is 15.0 Å². The lowest BCUT2D eigenvalue weighted by atomic mass is 10.1. The van der Waals surface area contributed by atoms with Gasteiger partial charge in [0.25, 0.3) is 0 Å². The third-order valence-corrected chi connectivity index (χ3v) is 7.21. The first-order chi connectivity index (χ1) is 17.9. The van der Waals surface area contributed by atoms with E-state index in [-0.39, 0.29) is 0 Å². The van der Waals surface area contributed by atoms with Crippen LogP contribution in [0.2, 0.25) is 0 Å². The van der Waals surface area contributed by atoms with Gasteiger partial charge in [-0.3, -0.25) is 9.47 Å². The highest BCUT2D eigenvalue weighted by Crippen LogP contribution is 2.26. The number of fused-ring (bicyclic) bond motifs is 1. The van der Waals surface area contributed by atoms with Gasteiger partial charge in [-0.15, -0.1) is 0 Å². The van der Waals surface area contributed by atoms with Crippen LogP contribution >= 0.6 is 0 Å². The number of ether oxygens (including phenoxy) is 1. The molecule has 1 aliphatic rings. The molecule has 1 unspecified atom stereocenters. The second-order valence-electron chi connectivity index (χ2n) is 9.63. The number of aromatic nitrogens is 4. The van der Waals surface area contributed by atoms with Gasteiger partial charge in [-0.2, -0.15) is 0 Å². The van der Waals surface area contributed by atoms with E-state index in [0.29, 0.717) is 24.4 Å². The molecule has 1 fully saturated rings. The number of rotatable bonds is 8. The van der Waals surface area contributed by atoms with E-state index < -0.39 is 6.10 Å². The van der Waals surface area contributed by atoms with Crippen molar-refractivity contribution in [1.82, 2.24) is 24.4 Å². The minimum Gasteiger partial charge on any atom is -0.497 e. The summed E-state index contributed by atoms with van der Waals surface area (Å²) in [5.41, 5.74) is 6.34. The average Bonchev–Trinajstić information content (AvgIpc) is 3.26. The summed E-state index contributed by atoms with van der Waals surface area (Å²) in [6.07, 6.45) is 1.01. The van der Waals surface area contributed by atoms with Gasteiger partial charge in [0.1, 0.15) is 17.9 Å². The zero-order valence-corrected chi connectivity index (χ0v) is 22.0. The number of β-amino-alcohol motifs (C(OH)–C–C–N with tert-alkyl or cyclic N) is 1. The molecule has 0 bridgehead atoms. The van der Waals surface area contributed by atoms with Crippen LogP contribution in [-0.4, -0.2) is 82.0 Å². The Hall–Kier alpha value is -3.69. The highest BCUT2D eigenvalue weighted by molar-refractivity contribution is 5.84. The Kier molecular flexibility index (Phi) is 7.25. The van der Waals surface area contributed by atoms with E-state index in [0.717, 1.165) is 49.1 Å². The Balaban J connectivity index is 1.20. The molecule has 1 aliphatic heterocycles. The summed E-state index contributed by atoms with van der Waals surface area (Å²) >= 11 is 0. The molecule has 2 aromatic carbocycles. The molecule has 2 aromatic heterocycles. The smallest absolute Gasteiger partial charge is 0.170 e. The number of imidazole rings is 1. The fourth-order valence-corrected chi connectivity index (χ4v) is 5.00. The number of aliphatic hydroxyl groups is 1. The fraction of sp³-hybridized carbons (Fsp3) is 0.393. The molecule has 0 aliphatic carbocycles. The predicted octanol–water partition coefficient (Wildman–Crippen LogP) is 3.34. The van der Waals surface area contributed by atoms with Gasteiger partial charge < -0.3 is 20.1 Å². The number of aryl methyl sites for hydroxylation is 2. The van der Waals surface area contributed by atoms with Gasteiger partial charge >= 0.3 is 0 Å². The zero-order valence-electron chi connectivity index (χ0n) is 22.0. The molecule has 9 nitrogen and oxygen atoms in total. The summed E-state index contributed by atoms with van der Waals surface area (Å²) in [6.45, 7) is 11.1. The third-order valence-electron chi connectivity index (χ3n) is 7.21. The second kappa shape index (κ2) is 10.7. The van der Waals surface area contributed by atoms with Crippen LogP contribution in [0.4, 0.5) is 11.5 Å². The van der Waals surface area contributed by atoms with E-state index in [1.54, 1.807) is 7.11 Å². The fourth-order valence-electron chi connectivity index (χ4n) is 5.00. The van der Waals surface area contributed by atoms with Gasteiger partial charge in [-0.05, 0) is 62.2 Å². The average molecular weight is 502 g/mol. The van der Waals surface area contributed by atoms with E-state index >= 15 is 0 Å². The lowest BCUT2D eigenvalue weighted by Gasteiger charge is -2.37. The van der Waals surface area contributed by atoms with Gasteiger partial charge in [0.2, 0.25) is 0 Å². The maximum atomic E-state index is 10.8. The maximum Gasteiger partial charge on any atom is 0.170 e. The Morgan fingerprint density at radius 2 is 1.76 bits per heavy atom. The van der Waals surface area contributed by atoms with Crippen LogP contribution in [0, 0.1) is 20.8 Å². The van der Waals surface area contributed by atoms with Crippen LogP contribution in [0.1, 0.15) is 17.0 Å². The molecule has 1 atom stereocenters. The van der Waals surface area contributed by atoms with Gasteiger partial charge in [0.15, 0.2) is 17.0 Å². The SMILES string of the molecule is COc1ccc(-n2c(C)nc3c(NCC(O)CN4CCN(c5cccc(C)c5C)CC4)ncnc32)cc1. The standard InChI is InChI=1S/C28H35N7O2/c1-19-6-5-7-25(20(19)2)34-14-12-33(13-15-34)17-23(36)16-29-27-26-28(31-18-30-27)35(21(3)32-26)22-8-10-24(37-4)11-9-22/h5-11,18,23,36H,12-17H2,1-4H3,(H,29,30,31). The molecule has 3 heterocycles. The molecule has 0 spiro atoms. The van der Waals surface area contributed by atoms with Crippen LogP contribution in [0.15, 0.2) is 48.8 Å². The minimum atomic E-state index is -0.526. The lowest BCUT2D eigenvalue weighted by molar-refractivity contribution is 0.118. The summed E-state index contributed by atoms with van der Waals surface area (Å²) in [7, 11) is 1.65. The summed E-state index contributed by atoms with van der Waals surface area (Å²) < 4.78 is 7.27. The Bertz CT molecular complexity index is 1360. The molecule has 37 heavy (non-hydrogen) atoms.